The van der Waals surface area contributed by atoms with Crippen molar-refractivity contribution in [1.29, 1.82) is 0 Å². The summed E-state index contributed by atoms with van der Waals surface area (Å²) < 4.78 is 15.9. The zero-order valence-electron chi connectivity index (χ0n) is 15.5. The molecule has 0 aliphatic rings. The van der Waals surface area contributed by atoms with E-state index in [0.717, 1.165) is 0 Å². The molecule has 2 aromatic heterocycles. The highest BCUT2D eigenvalue weighted by molar-refractivity contribution is 7.14. The molecule has 0 aliphatic carbocycles. The maximum absolute atomic E-state index is 12.4. The molecule has 11 heteroatoms. The predicted octanol–water partition coefficient (Wildman–Crippen LogP) is 5.63. The van der Waals surface area contributed by atoms with E-state index in [-0.39, 0.29) is 40.6 Å². The van der Waals surface area contributed by atoms with Crippen molar-refractivity contribution >= 4 is 63.1 Å². The molecule has 2 heterocycles. The van der Waals surface area contributed by atoms with Gasteiger partial charge in [-0.1, -0.05) is 34.8 Å². The Bertz CT molecular complexity index is 1040. The highest BCUT2D eigenvalue weighted by atomic mass is 35.5. The molecule has 3 aromatic rings. The van der Waals surface area contributed by atoms with Crippen LogP contribution in [0.3, 0.4) is 0 Å². The molecule has 0 spiro atoms. The van der Waals surface area contributed by atoms with Crippen LogP contribution in [0.1, 0.15) is 28.9 Å². The quantitative estimate of drug-likeness (QED) is 0.412. The van der Waals surface area contributed by atoms with Gasteiger partial charge in [0.05, 0.1) is 28.8 Å². The third kappa shape index (κ3) is 5.89. The number of amides is 1. The predicted molar refractivity (Wildman–Crippen MR) is 115 cm³/mol. The van der Waals surface area contributed by atoms with Crippen LogP contribution < -0.4 is 10.1 Å². The number of thiazole rings is 1. The number of benzene rings is 1. The Kier molecular flexibility index (Phi) is 7.60. The van der Waals surface area contributed by atoms with Gasteiger partial charge in [-0.05, 0) is 31.2 Å². The molecule has 7 nitrogen and oxygen atoms in total. The summed E-state index contributed by atoms with van der Waals surface area (Å²) in [6, 6.07) is 6.12. The summed E-state index contributed by atoms with van der Waals surface area (Å²) in [6.07, 6.45) is 0.0399. The van der Waals surface area contributed by atoms with Crippen LogP contribution in [-0.4, -0.2) is 23.5 Å². The minimum Gasteiger partial charge on any atom is -0.483 e. The Morgan fingerprint density at radius 3 is 2.63 bits per heavy atom. The first-order valence-electron chi connectivity index (χ1n) is 8.63. The van der Waals surface area contributed by atoms with Crippen molar-refractivity contribution in [2.24, 2.45) is 0 Å². The molecule has 0 aliphatic heterocycles. The Hall–Kier alpha value is -2.26. The van der Waals surface area contributed by atoms with Gasteiger partial charge in [0.25, 0.3) is 5.91 Å². The molecule has 0 fully saturated rings. The van der Waals surface area contributed by atoms with Gasteiger partial charge in [0.1, 0.15) is 12.4 Å². The Labute approximate surface area is 190 Å². The van der Waals surface area contributed by atoms with E-state index in [1.54, 1.807) is 18.4 Å². The third-order valence-electron chi connectivity index (χ3n) is 3.61. The number of halogens is 3. The molecule has 1 aromatic carbocycles. The largest absolute Gasteiger partial charge is 0.483 e. The SMILES string of the molecule is CCOC(=O)Cc1csc(NC(=O)c2ccc(COc3c(Cl)cc(Cl)cc3Cl)o2)n1. The Morgan fingerprint density at radius 2 is 1.93 bits per heavy atom. The van der Waals surface area contributed by atoms with Crippen LogP contribution in [0.15, 0.2) is 34.1 Å². The molecule has 0 unspecified atom stereocenters. The number of nitrogens with one attached hydrogen (secondary N) is 1. The van der Waals surface area contributed by atoms with Crippen molar-refractivity contribution in [3.8, 4) is 5.75 Å². The number of esters is 1. The van der Waals surface area contributed by atoms with Crippen LogP contribution in [0.25, 0.3) is 0 Å². The maximum Gasteiger partial charge on any atom is 0.311 e. The van der Waals surface area contributed by atoms with Crippen molar-refractivity contribution in [3.63, 3.8) is 0 Å². The van der Waals surface area contributed by atoms with Gasteiger partial charge in [-0.25, -0.2) is 4.98 Å². The molecule has 0 saturated heterocycles. The van der Waals surface area contributed by atoms with Crippen LogP contribution in [0.5, 0.6) is 5.75 Å². The van der Waals surface area contributed by atoms with Gasteiger partial charge in [0, 0.05) is 10.4 Å². The molecular weight excluding hydrogens is 475 g/mol. The second kappa shape index (κ2) is 10.2. The van der Waals surface area contributed by atoms with Crippen LogP contribution in [0.2, 0.25) is 15.1 Å². The topological polar surface area (TPSA) is 90.7 Å². The fraction of sp³-hybridized carbons (Fsp3) is 0.211. The molecule has 1 N–H and O–H groups in total. The van der Waals surface area contributed by atoms with E-state index in [4.69, 9.17) is 48.7 Å². The minimum absolute atomic E-state index is 0.00922. The van der Waals surface area contributed by atoms with Gasteiger partial charge in [-0.3, -0.25) is 14.9 Å². The van der Waals surface area contributed by atoms with E-state index < -0.39 is 5.91 Å². The summed E-state index contributed by atoms with van der Waals surface area (Å²) >= 11 is 19.2. The lowest BCUT2D eigenvalue weighted by Crippen LogP contribution is -2.11. The molecule has 30 heavy (non-hydrogen) atoms. The van der Waals surface area contributed by atoms with Gasteiger partial charge in [0.15, 0.2) is 16.6 Å². The first-order valence-corrected chi connectivity index (χ1v) is 10.6. The first-order chi connectivity index (χ1) is 14.4. The highest BCUT2D eigenvalue weighted by Crippen LogP contribution is 2.36. The van der Waals surface area contributed by atoms with Crippen molar-refractivity contribution in [2.45, 2.75) is 20.0 Å². The van der Waals surface area contributed by atoms with Crippen LogP contribution in [0, 0.1) is 0 Å². The number of ether oxygens (including phenoxy) is 2. The third-order valence-corrected chi connectivity index (χ3v) is 5.20. The average Bonchev–Trinajstić information content (AvgIpc) is 3.30. The van der Waals surface area contributed by atoms with Crippen molar-refractivity contribution < 1.29 is 23.5 Å². The van der Waals surface area contributed by atoms with Crippen LogP contribution >= 0.6 is 46.1 Å². The molecule has 0 saturated carbocycles. The van der Waals surface area contributed by atoms with Gasteiger partial charge < -0.3 is 13.9 Å². The average molecular weight is 490 g/mol. The van der Waals surface area contributed by atoms with Gasteiger partial charge in [-0.15, -0.1) is 11.3 Å². The smallest absolute Gasteiger partial charge is 0.311 e. The number of hydrogen-bond acceptors (Lipinski definition) is 7. The van der Waals surface area contributed by atoms with Crippen molar-refractivity contribution in [3.05, 3.63) is 61.9 Å². The second-order valence-electron chi connectivity index (χ2n) is 5.83. The summed E-state index contributed by atoms with van der Waals surface area (Å²) in [5.41, 5.74) is 0.513. The van der Waals surface area contributed by atoms with E-state index in [9.17, 15) is 9.59 Å². The molecule has 0 atom stereocenters. The molecule has 158 valence electrons. The Morgan fingerprint density at radius 1 is 1.20 bits per heavy atom. The fourth-order valence-corrected chi connectivity index (χ4v) is 3.98. The van der Waals surface area contributed by atoms with Crippen molar-refractivity contribution in [2.75, 3.05) is 11.9 Å². The highest BCUT2D eigenvalue weighted by Gasteiger charge is 2.16. The summed E-state index contributed by atoms with van der Waals surface area (Å²) in [4.78, 5) is 28.0. The van der Waals surface area contributed by atoms with Crippen LogP contribution in [-0.2, 0) is 22.6 Å². The molecule has 1 amide bonds. The minimum atomic E-state index is -0.485. The van der Waals surface area contributed by atoms with E-state index in [2.05, 4.69) is 10.3 Å². The number of carbonyl (C=O) groups excluding carboxylic acids is 2. The van der Waals surface area contributed by atoms with Gasteiger partial charge in [-0.2, -0.15) is 0 Å². The number of rotatable bonds is 8. The van der Waals surface area contributed by atoms with E-state index in [0.29, 0.717) is 28.2 Å². The number of hydrogen-bond donors (Lipinski definition) is 1. The number of aromatic nitrogens is 1. The number of nitrogens with zero attached hydrogens (tertiary/aromatic N) is 1. The standard InChI is InChI=1S/C19H15Cl3N2O5S/c1-2-27-16(25)7-11-9-30-19(23-11)24-18(26)15-4-3-12(29-15)8-28-17-13(21)5-10(20)6-14(17)22/h3-6,9H,2,7-8H2,1H3,(H,23,24,26). The summed E-state index contributed by atoms with van der Waals surface area (Å²) in [6.45, 7) is 2.04. The molecular formula is C19H15Cl3N2O5S. The zero-order valence-corrected chi connectivity index (χ0v) is 18.6. The van der Waals surface area contributed by atoms with Crippen LogP contribution in [0.4, 0.5) is 5.13 Å². The first kappa shape index (κ1) is 22.4. The molecule has 3 rings (SSSR count). The molecule has 0 bridgehead atoms. The number of anilines is 1. The monoisotopic (exact) mass is 488 g/mol. The lowest BCUT2D eigenvalue weighted by atomic mass is 10.3. The van der Waals surface area contributed by atoms with Gasteiger partial charge in [0.2, 0.25) is 0 Å². The Balaban J connectivity index is 1.58. The second-order valence-corrected chi connectivity index (χ2v) is 7.94. The normalized spacial score (nSPS) is 10.7. The number of carbonyl (C=O) groups is 2. The zero-order chi connectivity index (χ0) is 21.7. The lowest BCUT2D eigenvalue weighted by Gasteiger charge is -2.09. The van der Waals surface area contributed by atoms with E-state index in [1.165, 1.54) is 29.5 Å². The molecule has 0 radical (unpaired) electrons. The van der Waals surface area contributed by atoms with Crippen molar-refractivity contribution in [1.82, 2.24) is 4.98 Å². The number of furan rings is 1. The lowest BCUT2D eigenvalue weighted by molar-refractivity contribution is -0.142. The maximum atomic E-state index is 12.4. The van der Waals surface area contributed by atoms with Gasteiger partial charge >= 0.3 is 5.97 Å². The summed E-state index contributed by atoms with van der Waals surface area (Å²) in [5, 5.41) is 5.55. The summed E-state index contributed by atoms with van der Waals surface area (Å²) in [5.74, 6) is -0.131. The fourth-order valence-electron chi connectivity index (χ4n) is 2.35. The van der Waals surface area contributed by atoms with E-state index >= 15 is 0 Å². The summed E-state index contributed by atoms with van der Waals surface area (Å²) in [7, 11) is 0. The van der Waals surface area contributed by atoms with E-state index in [1.807, 2.05) is 0 Å².